The fraction of sp³-hybridized carbons (Fsp3) is 0.190. The number of carbonyl (C=O) groups is 1. The Labute approximate surface area is 171 Å². The minimum atomic E-state index is -0.286. The average Bonchev–Trinajstić information content (AvgIpc) is 3.30. The lowest BCUT2D eigenvalue weighted by molar-refractivity contribution is -0.111. The maximum absolute atomic E-state index is 12.3. The number of nitrogens with one attached hydrogen (secondary N) is 1. The van der Waals surface area contributed by atoms with Crippen molar-refractivity contribution in [3.8, 4) is 11.8 Å². The smallest absolute Gasteiger partial charge is 0.249 e. The van der Waals surface area contributed by atoms with E-state index in [1.807, 2.05) is 49.6 Å². The van der Waals surface area contributed by atoms with E-state index in [0.29, 0.717) is 22.9 Å². The van der Waals surface area contributed by atoms with E-state index in [1.54, 1.807) is 17.4 Å². The summed E-state index contributed by atoms with van der Waals surface area (Å²) in [4.78, 5) is 17.7. The van der Waals surface area contributed by atoms with Crippen LogP contribution in [0.3, 0.4) is 0 Å². The third-order valence-corrected chi connectivity index (χ3v) is 5.88. The number of thiophene rings is 1. The van der Waals surface area contributed by atoms with Crippen molar-refractivity contribution >= 4 is 39.7 Å². The number of nitrogens with zero attached hydrogens (tertiary/aromatic N) is 2. The molecule has 0 aliphatic rings. The second-order valence-electron chi connectivity index (χ2n) is 5.93. The number of benzene rings is 1. The molecule has 0 spiro atoms. The highest BCUT2D eigenvalue weighted by molar-refractivity contribution is 7.16. The number of thiazole rings is 1. The van der Waals surface area contributed by atoms with Crippen molar-refractivity contribution in [2.75, 3.05) is 5.32 Å². The van der Waals surface area contributed by atoms with Gasteiger partial charge in [-0.15, -0.1) is 22.7 Å². The Hall–Kier alpha value is -2.95. The number of carbonyl (C=O) groups excluding carboxylic acids is 1. The lowest BCUT2D eigenvalue weighted by Gasteiger charge is -2.07. The van der Waals surface area contributed by atoms with Gasteiger partial charge in [0.25, 0.3) is 0 Å². The molecule has 2 heterocycles. The summed E-state index contributed by atoms with van der Waals surface area (Å²) < 4.78 is 5.86. The molecule has 28 heavy (non-hydrogen) atoms. The minimum Gasteiger partial charge on any atom is -0.487 e. The molecule has 0 fully saturated rings. The summed E-state index contributed by atoms with van der Waals surface area (Å²) in [5.74, 6) is 0.394. The number of para-hydroxylation sites is 1. The molecule has 0 bridgehead atoms. The van der Waals surface area contributed by atoms with E-state index in [2.05, 4.69) is 16.4 Å². The van der Waals surface area contributed by atoms with Crippen molar-refractivity contribution in [3.63, 3.8) is 0 Å². The van der Waals surface area contributed by atoms with Crippen LogP contribution in [0.25, 0.3) is 6.08 Å². The van der Waals surface area contributed by atoms with Crippen LogP contribution in [0.15, 0.2) is 41.8 Å². The quantitative estimate of drug-likeness (QED) is 0.546. The molecule has 0 saturated carbocycles. The van der Waals surface area contributed by atoms with Crippen LogP contribution < -0.4 is 10.1 Å². The fourth-order valence-electron chi connectivity index (χ4n) is 2.49. The maximum atomic E-state index is 12.3. The first-order chi connectivity index (χ1) is 13.6. The maximum Gasteiger partial charge on any atom is 0.249 e. The van der Waals surface area contributed by atoms with Crippen molar-refractivity contribution in [2.24, 2.45) is 0 Å². The summed E-state index contributed by atoms with van der Waals surface area (Å²) in [5.41, 5.74) is 2.17. The number of hydrogen-bond acceptors (Lipinski definition) is 6. The van der Waals surface area contributed by atoms with E-state index in [4.69, 9.17) is 4.74 Å². The second-order valence-corrected chi connectivity index (χ2v) is 8.13. The second kappa shape index (κ2) is 9.31. The van der Waals surface area contributed by atoms with Gasteiger partial charge in [0.2, 0.25) is 5.91 Å². The molecule has 2 aromatic heterocycles. The number of aryl methyl sites for hydroxylation is 2. The summed E-state index contributed by atoms with van der Waals surface area (Å²) in [6, 6.07) is 11.4. The van der Waals surface area contributed by atoms with Crippen LogP contribution >= 0.6 is 22.7 Å². The number of anilines is 1. The van der Waals surface area contributed by atoms with Gasteiger partial charge in [0.15, 0.2) is 0 Å². The topological polar surface area (TPSA) is 75.0 Å². The van der Waals surface area contributed by atoms with Crippen LogP contribution in [0, 0.1) is 18.3 Å². The van der Waals surface area contributed by atoms with E-state index in [9.17, 15) is 10.1 Å². The average molecular weight is 410 g/mol. The number of ether oxygens (including phenoxy) is 1. The van der Waals surface area contributed by atoms with Gasteiger partial charge < -0.3 is 10.1 Å². The van der Waals surface area contributed by atoms with E-state index in [0.717, 1.165) is 27.6 Å². The van der Waals surface area contributed by atoms with Crippen molar-refractivity contribution in [3.05, 3.63) is 68.5 Å². The number of nitriles is 1. The molecule has 0 unspecified atom stereocenters. The molecule has 1 amide bonds. The minimum absolute atomic E-state index is 0.286. The van der Waals surface area contributed by atoms with Crippen LogP contribution in [-0.2, 0) is 17.8 Å². The highest BCUT2D eigenvalue weighted by atomic mass is 32.1. The van der Waals surface area contributed by atoms with Crippen LogP contribution in [0.2, 0.25) is 0 Å². The normalized spacial score (nSPS) is 10.8. The number of rotatable bonds is 7. The van der Waals surface area contributed by atoms with E-state index in [-0.39, 0.29) is 5.91 Å². The van der Waals surface area contributed by atoms with Crippen LogP contribution in [0.4, 0.5) is 5.00 Å². The molecule has 5 nitrogen and oxygen atoms in total. The standard InChI is InChI=1S/C21H19N3O2S2/c1-3-18-10-16(11-22)21(28-18)24-20(25)9-8-15-6-4-5-7-19(15)26-12-17-13-27-14(2)23-17/h4-10,13H,3,12H2,1-2H3,(H,24,25)/b9-8+. The predicted octanol–water partition coefficient (Wildman–Crippen LogP) is 5.18. The van der Waals surface area contributed by atoms with Gasteiger partial charge in [-0.25, -0.2) is 4.98 Å². The fourth-order valence-corrected chi connectivity index (χ4v) is 4.03. The molecular formula is C21H19N3O2S2. The zero-order chi connectivity index (χ0) is 19.9. The molecule has 7 heteroatoms. The molecule has 1 N–H and O–H groups in total. The summed E-state index contributed by atoms with van der Waals surface area (Å²) in [7, 11) is 0. The van der Waals surface area contributed by atoms with Gasteiger partial charge in [-0.1, -0.05) is 25.1 Å². The Morgan fingerprint density at radius 2 is 2.21 bits per heavy atom. The van der Waals surface area contributed by atoms with Gasteiger partial charge in [0.1, 0.15) is 23.4 Å². The van der Waals surface area contributed by atoms with E-state index >= 15 is 0 Å². The van der Waals surface area contributed by atoms with Crippen molar-refractivity contribution in [1.29, 1.82) is 5.26 Å². The molecule has 0 aliphatic heterocycles. The van der Waals surface area contributed by atoms with Crippen molar-refractivity contribution < 1.29 is 9.53 Å². The lowest BCUT2D eigenvalue weighted by atomic mass is 10.2. The molecule has 0 aliphatic carbocycles. The summed E-state index contributed by atoms with van der Waals surface area (Å²) in [6.07, 6.45) is 3.98. The highest BCUT2D eigenvalue weighted by Crippen LogP contribution is 2.28. The SMILES string of the molecule is CCc1cc(C#N)c(NC(=O)/C=C/c2ccccc2OCc2csc(C)n2)s1. The van der Waals surface area contributed by atoms with Crippen molar-refractivity contribution in [1.82, 2.24) is 4.98 Å². The molecular weight excluding hydrogens is 390 g/mol. The summed E-state index contributed by atoms with van der Waals surface area (Å²) >= 11 is 3.01. The monoisotopic (exact) mass is 409 g/mol. The molecule has 3 aromatic rings. The van der Waals surface area contributed by atoms with E-state index in [1.165, 1.54) is 17.4 Å². The Morgan fingerprint density at radius 3 is 2.93 bits per heavy atom. The first-order valence-electron chi connectivity index (χ1n) is 8.73. The summed E-state index contributed by atoms with van der Waals surface area (Å²) in [5, 5.41) is 15.5. The molecule has 0 saturated heterocycles. The van der Waals surface area contributed by atoms with Gasteiger partial charge in [-0.05, 0) is 31.6 Å². The van der Waals surface area contributed by atoms with Crippen molar-refractivity contribution in [2.45, 2.75) is 26.9 Å². The highest BCUT2D eigenvalue weighted by Gasteiger charge is 2.10. The first kappa shape index (κ1) is 19.8. The Morgan fingerprint density at radius 1 is 1.39 bits per heavy atom. The van der Waals surface area contributed by atoms with Gasteiger partial charge in [-0.3, -0.25) is 4.79 Å². The van der Waals surface area contributed by atoms with Crippen LogP contribution in [-0.4, -0.2) is 10.9 Å². The third-order valence-electron chi connectivity index (χ3n) is 3.86. The first-order valence-corrected chi connectivity index (χ1v) is 10.4. The molecule has 142 valence electrons. The zero-order valence-electron chi connectivity index (χ0n) is 15.6. The van der Waals surface area contributed by atoms with Gasteiger partial charge in [-0.2, -0.15) is 5.26 Å². The third kappa shape index (κ3) is 5.06. The Balaban J connectivity index is 1.67. The van der Waals surface area contributed by atoms with Gasteiger partial charge in [0, 0.05) is 21.9 Å². The number of aromatic nitrogens is 1. The Kier molecular flexibility index (Phi) is 6.58. The van der Waals surface area contributed by atoms with Crippen LogP contribution in [0.5, 0.6) is 5.75 Å². The number of amides is 1. The molecule has 0 atom stereocenters. The lowest BCUT2D eigenvalue weighted by Crippen LogP contribution is -2.07. The van der Waals surface area contributed by atoms with Gasteiger partial charge in [0.05, 0.1) is 16.3 Å². The molecule has 0 radical (unpaired) electrons. The predicted molar refractivity (Wildman–Crippen MR) is 114 cm³/mol. The zero-order valence-corrected chi connectivity index (χ0v) is 17.2. The summed E-state index contributed by atoms with van der Waals surface area (Å²) in [6.45, 7) is 4.35. The molecule has 1 aromatic carbocycles. The van der Waals surface area contributed by atoms with Crippen LogP contribution in [0.1, 0.15) is 33.6 Å². The number of hydrogen-bond donors (Lipinski definition) is 1. The van der Waals surface area contributed by atoms with Gasteiger partial charge >= 0.3 is 0 Å². The largest absolute Gasteiger partial charge is 0.487 e. The molecule has 3 rings (SSSR count). The van der Waals surface area contributed by atoms with E-state index < -0.39 is 0 Å². The Bertz CT molecular complexity index is 1040.